The molecule has 0 fully saturated rings. The number of aliphatic hydroxyl groups is 1. The molecule has 6 nitrogen and oxygen atoms in total. The molecule has 0 aliphatic rings. The number of nitrogens with zero attached hydrogens (tertiary/aromatic N) is 3. The third-order valence-corrected chi connectivity index (χ3v) is 3.66. The van der Waals surface area contributed by atoms with E-state index in [1.165, 1.54) is 18.9 Å². The van der Waals surface area contributed by atoms with Gasteiger partial charge in [-0.1, -0.05) is 39.0 Å². The highest BCUT2D eigenvalue weighted by Gasteiger charge is 2.32. The first-order valence-electron chi connectivity index (χ1n) is 7.99. The number of hydrogen-bond donors (Lipinski definition) is 1. The summed E-state index contributed by atoms with van der Waals surface area (Å²) in [5.74, 6) is 0.751. The zero-order valence-corrected chi connectivity index (χ0v) is 14.4. The number of aromatic nitrogens is 3. The molecule has 2 rings (SSSR count). The van der Waals surface area contributed by atoms with E-state index in [0.717, 1.165) is 5.75 Å². The third-order valence-electron chi connectivity index (χ3n) is 3.66. The number of ether oxygens (including phenoxy) is 2. The van der Waals surface area contributed by atoms with Gasteiger partial charge in [0.15, 0.2) is 0 Å². The van der Waals surface area contributed by atoms with Crippen LogP contribution in [-0.4, -0.2) is 32.6 Å². The van der Waals surface area contributed by atoms with Crippen LogP contribution in [0.5, 0.6) is 5.75 Å². The maximum absolute atomic E-state index is 10.6. The van der Waals surface area contributed by atoms with Crippen LogP contribution in [0.2, 0.25) is 0 Å². The number of benzene rings is 1. The quantitative estimate of drug-likeness (QED) is 0.594. The van der Waals surface area contributed by atoms with E-state index in [2.05, 4.69) is 10.1 Å². The Morgan fingerprint density at radius 2 is 1.96 bits per heavy atom. The van der Waals surface area contributed by atoms with Gasteiger partial charge in [0.25, 0.3) is 0 Å². The monoisotopic (exact) mass is 331 g/mol. The molecule has 1 heterocycles. The van der Waals surface area contributed by atoms with Gasteiger partial charge < -0.3 is 14.6 Å². The molecule has 1 aromatic heterocycles. The predicted molar refractivity (Wildman–Crippen MR) is 91.3 cm³/mol. The lowest BCUT2D eigenvalue weighted by molar-refractivity contribution is 0.00296. The smallest absolute Gasteiger partial charge is 0.137 e. The molecule has 2 atom stereocenters. The van der Waals surface area contributed by atoms with Crippen molar-refractivity contribution < 1.29 is 14.6 Å². The molecule has 0 bridgehead atoms. The zero-order chi connectivity index (χ0) is 17.4. The van der Waals surface area contributed by atoms with E-state index in [0.29, 0.717) is 13.0 Å². The Hall–Kier alpha value is -2.34. The predicted octanol–water partition coefficient (Wildman–Crippen LogP) is 3.18. The summed E-state index contributed by atoms with van der Waals surface area (Å²) in [5.41, 5.74) is -0.261. The molecule has 0 saturated carbocycles. The minimum Gasteiger partial charge on any atom is -0.498 e. The normalized spacial score (nSPS) is 14.5. The summed E-state index contributed by atoms with van der Waals surface area (Å²) in [5, 5.41) is 14.7. The molecule has 1 N–H and O–H groups in total. The number of hydrogen-bond acceptors (Lipinski definition) is 5. The molecular weight excluding hydrogens is 306 g/mol. The van der Waals surface area contributed by atoms with Crippen molar-refractivity contribution in [2.45, 2.75) is 39.3 Å². The summed E-state index contributed by atoms with van der Waals surface area (Å²) >= 11 is 0. The second kappa shape index (κ2) is 8.49. The largest absolute Gasteiger partial charge is 0.498 e. The van der Waals surface area contributed by atoms with Crippen molar-refractivity contribution in [2.75, 3.05) is 6.61 Å². The van der Waals surface area contributed by atoms with Crippen molar-refractivity contribution in [1.82, 2.24) is 14.8 Å². The van der Waals surface area contributed by atoms with Crippen LogP contribution in [0.4, 0.5) is 0 Å². The summed E-state index contributed by atoms with van der Waals surface area (Å²) in [6.07, 6.45) is 6.14. The third kappa shape index (κ3) is 5.38. The maximum Gasteiger partial charge on any atom is 0.137 e. The molecule has 0 spiro atoms. The molecule has 0 aliphatic carbocycles. The van der Waals surface area contributed by atoms with Crippen molar-refractivity contribution in [2.24, 2.45) is 5.41 Å². The van der Waals surface area contributed by atoms with Gasteiger partial charge in [0.1, 0.15) is 30.9 Å². The standard InChI is InChI=1S/C18H25N3O3/c1-18(2,3)17(22)16(21-14-19-13-20-21)9-10-23-11-12-24-15-7-5-4-6-8-15/h4-8,11-14,16-17,22H,9-10H2,1-3H3. The number of aliphatic hydroxyl groups excluding tert-OH is 1. The first kappa shape index (κ1) is 18.0. The summed E-state index contributed by atoms with van der Waals surface area (Å²) in [7, 11) is 0. The van der Waals surface area contributed by atoms with Crippen LogP contribution in [0.3, 0.4) is 0 Å². The summed E-state index contributed by atoms with van der Waals surface area (Å²) in [6, 6.07) is 9.27. The number of para-hydroxylation sites is 1. The van der Waals surface area contributed by atoms with Gasteiger partial charge in [0.05, 0.1) is 18.8 Å². The van der Waals surface area contributed by atoms with Gasteiger partial charge in [-0.3, -0.25) is 0 Å². The minimum absolute atomic E-state index is 0.198. The van der Waals surface area contributed by atoms with Gasteiger partial charge in [-0.05, 0) is 17.5 Å². The van der Waals surface area contributed by atoms with Crippen LogP contribution in [0.15, 0.2) is 55.5 Å². The van der Waals surface area contributed by atoms with Crippen LogP contribution >= 0.6 is 0 Å². The molecule has 24 heavy (non-hydrogen) atoms. The van der Waals surface area contributed by atoms with E-state index in [1.54, 1.807) is 11.0 Å². The first-order valence-corrected chi connectivity index (χ1v) is 7.99. The van der Waals surface area contributed by atoms with Gasteiger partial charge in [-0.15, -0.1) is 0 Å². The van der Waals surface area contributed by atoms with Crippen LogP contribution in [0.25, 0.3) is 0 Å². The van der Waals surface area contributed by atoms with Crippen LogP contribution in [0.1, 0.15) is 33.2 Å². The Morgan fingerprint density at radius 1 is 1.21 bits per heavy atom. The maximum atomic E-state index is 10.6. The fraction of sp³-hybridized carbons (Fsp3) is 0.444. The first-order chi connectivity index (χ1) is 11.5. The fourth-order valence-electron chi connectivity index (χ4n) is 2.30. The Bertz CT molecular complexity index is 606. The average molecular weight is 331 g/mol. The highest BCUT2D eigenvalue weighted by atomic mass is 16.5. The van der Waals surface area contributed by atoms with Gasteiger partial charge in [-0.25, -0.2) is 9.67 Å². The van der Waals surface area contributed by atoms with Gasteiger partial charge in [0.2, 0.25) is 0 Å². The van der Waals surface area contributed by atoms with E-state index < -0.39 is 6.10 Å². The SMILES string of the molecule is CC(C)(C)C(O)C(CCOC=COc1ccccc1)n1cncn1. The zero-order valence-electron chi connectivity index (χ0n) is 14.4. The molecule has 1 aromatic carbocycles. The van der Waals surface area contributed by atoms with Crippen molar-refractivity contribution >= 4 is 0 Å². The second-order valence-corrected chi connectivity index (χ2v) is 6.62. The molecule has 130 valence electrons. The van der Waals surface area contributed by atoms with Crippen molar-refractivity contribution in [1.29, 1.82) is 0 Å². The lowest BCUT2D eigenvalue weighted by atomic mass is 9.84. The average Bonchev–Trinajstić information content (AvgIpc) is 3.08. The van der Waals surface area contributed by atoms with E-state index in [1.807, 2.05) is 51.1 Å². The highest BCUT2D eigenvalue weighted by Crippen LogP contribution is 2.29. The van der Waals surface area contributed by atoms with E-state index in [4.69, 9.17) is 9.47 Å². The molecule has 2 unspecified atom stereocenters. The summed E-state index contributed by atoms with van der Waals surface area (Å²) in [4.78, 5) is 3.96. The van der Waals surface area contributed by atoms with Crippen molar-refractivity contribution in [3.05, 3.63) is 55.5 Å². The highest BCUT2D eigenvalue weighted by molar-refractivity contribution is 5.21. The van der Waals surface area contributed by atoms with Crippen molar-refractivity contribution in [3.63, 3.8) is 0 Å². The van der Waals surface area contributed by atoms with Crippen LogP contribution < -0.4 is 4.74 Å². The van der Waals surface area contributed by atoms with Gasteiger partial charge in [0, 0.05) is 6.42 Å². The lowest BCUT2D eigenvalue weighted by Gasteiger charge is -2.32. The van der Waals surface area contributed by atoms with Gasteiger partial charge in [-0.2, -0.15) is 5.10 Å². The Kier molecular flexibility index (Phi) is 6.37. The molecule has 0 amide bonds. The van der Waals surface area contributed by atoms with E-state index in [-0.39, 0.29) is 11.5 Å². The Morgan fingerprint density at radius 3 is 2.58 bits per heavy atom. The summed E-state index contributed by atoms with van der Waals surface area (Å²) < 4.78 is 12.6. The molecule has 2 aromatic rings. The molecule has 0 radical (unpaired) electrons. The van der Waals surface area contributed by atoms with E-state index in [9.17, 15) is 5.11 Å². The van der Waals surface area contributed by atoms with E-state index >= 15 is 0 Å². The second-order valence-electron chi connectivity index (χ2n) is 6.62. The molecule has 0 saturated heterocycles. The fourth-order valence-corrected chi connectivity index (χ4v) is 2.30. The minimum atomic E-state index is -0.563. The summed E-state index contributed by atoms with van der Waals surface area (Å²) in [6.45, 7) is 6.43. The topological polar surface area (TPSA) is 69.4 Å². The number of rotatable bonds is 8. The van der Waals surface area contributed by atoms with Gasteiger partial charge >= 0.3 is 0 Å². The van der Waals surface area contributed by atoms with Crippen molar-refractivity contribution in [3.8, 4) is 5.75 Å². The van der Waals surface area contributed by atoms with Crippen LogP contribution in [-0.2, 0) is 4.74 Å². The lowest BCUT2D eigenvalue weighted by Crippen LogP contribution is -2.36. The molecule has 6 heteroatoms. The molecular formula is C18H25N3O3. The Balaban J connectivity index is 1.83. The Labute approximate surface area is 142 Å². The molecule has 0 aliphatic heterocycles. The van der Waals surface area contributed by atoms with Crippen LogP contribution in [0, 0.1) is 5.41 Å².